The SMILES string of the molecule is CC(C(=O)NC1C2CCOC2C1(C)C)C1CNC1.Cl. The highest BCUT2D eigenvalue weighted by atomic mass is 35.5. The fraction of sp³-hybridized carbons (Fsp3) is 0.929. The van der Waals surface area contributed by atoms with E-state index in [4.69, 9.17) is 4.74 Å². The minimum absolute atomic E-state index is 0. The second-order valence-corrected chi connectivity index (χ2v) is 6.76. The van der Waals surface area contributed by atoms with Gasteiger partial charge in [0.15, 0.2) is 0 Å². The van der Waals surface area contributed by atoms with E-state index in [-0.39, 0.29) is 29.6 Å². The van der Waals surface area contributed by atoms with Gasteiger partial charge in [0.1, 0.15) is 0 Å². The average Bonchev–Trinajstić information content (AvgIpc) is 2.69. The lowest BCUT2D eigenvalue weighted by atomic mass is 9.57. The molecule has 4 atom stereocenters. The first-order chi connectivity index (χ1) is 8.51. The number of nitrogens with one attached hydrogen (secondary N) is 2. The molecule has 5 heteroatoms. The minimum atomic E-state index is 0. The zero-order chi connectivity index (χ0) is 12.9. The molecule has 2 aliphatic heterocycles. The lowest BCUT2D eigenvalue weighted by molar-refractivity contribution is -0.142. The van der Waals surface area contributed by atoms with Crippen LogP contribution in [0.15, 0.2) is 0 Å². The summed E-state index contributed by atoms with van der Waals surface area (Å²) in [5.74, 6) is 1.41. The Morgan fingerprint density at radius 3 is 2.68 bits per heavy atom. The van der Waals surface area contributed by atoms with Crippen LogP contribution in [-0.2, 0) is 9.53 Å². The van der Waals surface area contributed by atoms with Gasteiger partial charge in [-0.15, -0.1) is 12.4 Å². The number of amides is 1. The number of hydrogen-bond acceptors (Lipinski definition) is 3. The maximum atomic E-state index is 12.3. The molecule has 2 saturated heterocycles. The summed E-state index contributed by atoms with van der Waals surface area (Å²) in [7, 11) is 0. The molecule has 1 amide bonds. The van der Waals surface area contributed by atoms with Gasteiger partial charge in [-0.25, -0.2) is 0 Å². The predicted molar refractivity (Wildman–Crippen MR) is 76.3 cm³/mol. The van der Waals surface area contributed by atoms with Crippen LogP contribution in [0.4, 0.5) is 0 Å². The van der Waals surface area contributed by atoms with Crippen molar-refractivity contribution in [2.45, 2.75) is 39.3 Å². The summed E-state index contributed by atoms with van der Waals surface area (Å²) < 4.78 is 5.76. The Labute approximate surface area is 121 Å². The summed E-state index contributed by atoms with van der Waals surface area (Å²) in [6, 6.07) is 0.299. The molecule has 0 bridgehead atoms. The monoisotopic (exact) mass is 288 g/mol. The topological polar surface area (TPSA) is 50.4 Å². The van der Waals surface area contributed by atoms with E-state index in [9.17, 15) is 4.79 Å². The van der Waals surface area contributed by atoms with Crippen molar-refractivity contribution in [1.29, 1.82) is 0 Å². The molecule has 0 aromatic carbocycles. The number of halogens is 1. The quantitative estimate of drug-likeness (QED) is 0.820. The van der Waals surface area contributed by atoms with Crippen molar-refractivity contribution in [1.82, 2.24) is 10.6 Å². The molecule has 1 saturated carbocycles. The third-order valence-electron chi connectivity index (χ3n) is 5.33. The molecule has 0 aromatic heterocycles. The van der Waals surface area contributed by atoms with Crippen LogP contribution in [0.1, 0.15) is 27.2 Å². The molecule has 3 rings (SSSR count). The van der Waals surface area contributed by atoms with Gasteiger partial charge in [-0.2, -0.15) is 0 Å². The number of carbonyl (C=O) groups excluding carboxylic acids is 1. The molecular formula is C14H25ClN2O2. The summed E-state index contributed by atoms with van der Waals surface area (Å²) in [6.45, 7) is 9.29. The highest BCUT2D eigenvalue weighted by Gasteiger charge is 2.59. The summed E-state index contributed by atoms with van der Waals surface area (Å²) in [6.07, 6.45) is 1.45. The fourth-order valence-corrected chi connectivity index (χ4v) is 3.78. The molecule has 0 radical (unpaired) electrons. The van der Waals surface area contributed by atoms with Crippen molar-refractivity contribution >= 4 is 18.3 Å². The fourth-order valence-electron chi connectivity index (χ4n) is 3.78. The minimum Gasteiger partial charge on any atom is -0.377 e. The van der Waals surface area contributed by atoms with Gasteiger partial charge >= 0.3 is 0 Å². The smallest absolute Gasteiger partial charge is 0.223 e. The first-order valence-corrected chi connectivity index (χ1v) is 7.14. The zero-order valence-electron chi connectivity index (χ0n) is 11.9. The summed E-state index contributed by atoms with van der Waals surface area (Å²) in [5, 5.41) is 6.51. The van der Waals surface area contributed by atoms with Crippen molar-refractivity contribution < 1.29 is 9.53 Å². The van der Waals surface area contributed by atoms with Crippen molar-refractivity contribution in [2.24, 2.45) is 23.2 Å². The average molecular weight is 289 g/mol. The van der Waals surface area contributed by atoms with Gasteiger partial charge in [-0.3, -0.25) is 4.79 Å². The Balaban J connectivity index is 0.00000133. The lowest BCUT2D eigenvalue weighted by Crippen LogP contribution is -2.67. The van der Waals surface area contributed by atoms with Gasteiger partial charge < -0.3 is 15.4 Å². The number of fused-ring (bicyclic) bond motifs is 1. The molecule has 4 unspecified atom stereocenters. The first-order valence-electron chi connectivity index (χ1n) is 7.14. The van der Waals surface area contributed by atoms with E-state index >= 15 is 0 Å². The van der Waals surface area contributed by atoms with Gasteiger partial charge in [0.05, 0.1) is 6.10 Å². The van der Waals surface area contributed by atoms with E-state index in [1.165, 1.54) is 0 Å². The van der Waals surface area contributed by atoms with Gasteiger partial charge in [0.2, 0.25) is 5.91 Å². The molecule has 110 valence electrons. The molecule has 1 aliphatic carbocycles. The van der Waals surface area contributed by atoms with E-state index in [1.807, 2.05) is 0 Å². The Bertz CT molecular complexity index is 357. The molecular weight excluding hydrogens is 264 g/mol. The highest BCUT2D eigenvalue weighted by Crippen LogP contribution is 2.52. The molecule has 3 aliphatic rings. The van der Waals surface area contributed by atoms with Crippen molar-refractivity contribution in [3.05, 3.63) is 0 Å². The Morgan fingerprint density at radius 1 is 1.42 bits per heavy atom. The molecule has 2 heterocycles. The van der Waals surface area contributed by atoms with Crippen LogP contribution in [0.5, 0.6) is 0 Å². The van der Waals surface area contributed by atoms with Crippen LogP contribution in [0.3, 0.4) is 0 Å². The summed E-state index contributed by atoms with van der Waals surface area (Å²) >= 11 is 0. The van der Waals surface area contributed by atoms with Crippen LogP contribution in [0, 0.1) is 23.2 Å². The van der Waals surface area contributed by atoms with Crippen molar-refractivity contribution in [2.75, 3.05) is 19.7 Å². The van der Waals surface area contributed by atoms with E-state index in [0.29, 0.717) is 24.0 Å². The largest absolute Gasteiger partial charge is 0.377 e. The van der Waals surface area contributed by atoms with Crippen LogP contribution >= 0.6 is 12.4 Å². The van der Waals surface area contributed by atoms with Crippen molar-refractivity contribution in [3.63, 3.8) is 0 Å². The van der Waals surface area contributed by atoms with Crippen molar-refractivity contribution in [3.8, 4) is 0 Å². The third kappa shape index (κ3) is 2.28. The summed E-state index contributed by atoms with van der Waals surface area (Å²) in [4.78, 5) is 12.3. The predicted octanol–water partition coefficient (Wildman–Crippen LogP) is 1.19. The van der Waals surface area contributed by atoms with Gasteiger partial charge in [-0.05, 0) is 25.4 Å². The van der Waals surface area contributed by atoms with E-state index < -0.39 is 0 Å². The Kier molecular flexibility index (Phi) is 4.15. The molecule has 4 nitrogen and oxygen atoms in total. The Morgan fingerprint density at radius 2 is 2.11 bits per heavy atom. The Hall–Kier alpha value is -0.320. The standard InChI is InChI=1S/C14H24N2O2.ClH/c1-8(9-6-15-7-9)13(17)16-11-10-4-5-18-12(10)14(11,2)3;/h8-12,15H,4-7H2,1-3H3,(H,16,17);1H. The number of hydrogen-bond donors (Lipinski definition) is 2. The van der Waals surface area contributed by atoms with E-state index in [1.54, 1.807) is 0 Å². The van der Waals surface area contributed by atoms with Crippen LogP contribution in [-0.4, -0.2) is 37.7 Å². The normalized spacial score (nSPS) is 37.3. The highest BCUT2D eigenvalue weighted by molar-refractivity contribution is 5.85. The zero-order valence-corrected chi connectivity index (χ0v) is 12.8. The van der Waals surface area contributed by atoms with Crippen LogP contribution < -0.4 is 10.6 Å². The van der Waals surface area contributed by atoms with Gasteiger partial charge in [0, 0.05) is 29.9 Å². The third-order valence-corrected chi connectivity index (χ3v) is 5.33. The maximum absolute atomic E-state index is 12.3. The molecule has 0 aromatic rings. The molecule has 19 heavy (non-hydrogen) atoms. The van der Waals surface area contributed by atoms with Crippen LogP contribution in [0.2, 0.25) is 0 Å². The van der Waals surface area contributed by atoms with E-state index in [0.717, 1.165) is 26.1 Å². The number of rotatable bonds is 3. The van der Waals surface area contributed by atoms with E-state index in [2.05, 4.69) is 31.4 Å². The van der Waals surface area contributed by atoms with Gasteiger partial charge in [-0.1, -0.05) is 20.8 Å². The molecule has 3 fully saturated rings. The first kappa shape index (κ1) is 15.1. The van der Waals surface area contributed by atoms with Gasteiger partial charge in [0.25, 0.3) is 0 Å². The summed E-state index contributed by atoms with van der Waals surface area (Å²) in [5.41, 5.74) is 0.0917. The number of carbonyl (C=O) groups is 1. The second kappa shape index (κ2) is 5.23. The van der Waals surface area contributed by atoms with Crippen LogP contribution in [0.25, 0.3) is 0 Å². The maximum Gasteiger partial charge on any atom is 0.223 e. The lowest BCUT2D eigenvalue weighted by Gasteiger charge is -2.55. The molecule has 0 spiro atoms. The number of ether oxygens (including phenoxy) is 1. The second-order valence-electron chi connectivity index (χ2n) is 6.76. The molecule has 2 N–H and O–H groups in total.